The Balaban J connectivity index is 4.92. The van der Waals surface area contributed by atoms with E-state index in [-0.39, 0.29) is 11.7 Å². The number of hydrogen-bond donors (Lipinski definition) is 2. The Kier molecular flexibility index (Phi) is 8.43. The number of aliphatic hydroxyl groups is 1. The van der Waals surface area contributed by atoms with Crippen LogP contribution in [0.5, 0.6) is 0 Å². The van der Waals surface area contributed by atoms with Crippen LogP contribution in [0.15, 0.2) is 64.9 Å². The third-order valence-corrected chi connectivity index (χ3v) is 2.67. The van der Waals surface area contributed by atoms with Crippen molar-refractivity contribution in [3.63, 3.8) is 0 Å². The van der Waals surface area contributed by atoms with Gasteiger partial charge in [0.25, 0.3) is 5.91 Å². The summed E-state index contributed by atoms with van der Waals surface area (Å²) in [6, 6.07) is 0. The Morgan fingerprint density at radius 2 is 2.00 bits per heavy atom. The van der Waals surface area contributed by atoms with Gasteiger partial charge in [0.05, 0.1) is 0 Å². The molecule has 0 saturated heterocycles. The minimum Gasteiger partial charge on any atom is -0.508 e. The molecule has 0 saturated carbocycles. The van der Waals surface area contributed by atoms with E-state index < -0.39 is 0 Å². The number of allylic oxidation sites excluding steroid dienone is 3. The van der Waals surface area contributed by atoms with Crippen molar-refractivity contribution in [3.8, 4) is 0 Å². The van der Waals surface area contributed by atoms with Crippen LogP contribution in [0.3, 0.4) is 0 Å². The molecule has 0 aliphatic carbocycles. The predicted octanol–water partition coefficient (Wildman–Crippen LogP) is 2.88. The van der Waals surface area contributed by atoms with Crippen LogP contribution in [-0.2, 0) is 4.79 Å². The van der Waals surface area contributed by atoms with Crippen molar-refractivity contribution in [3.05, 3.63) is 59.9 Å². The molecule has 0 aromatic rings. The summed E-state index contributed by atoms with van der Waals surface area (Å²) < 4.78 is 0. The number of nitrogens with zero attached hydrogens (tertiary/aromatic N) is 1. The van der Waals surface area contributed by atoms with E-state index in [9.17, 15) is 9.90 Å². The van der Waals surface area contributed by atoms with E-state index in [1.54, 1.807) is 45.3 Å². The molecule has 0 rings (SSSR count). The zero-order valence-corrected chi connectivity index (χ0v) is 12.3. The largest absolute Gasteiger partial charge is 0.508 e. The molecule has 0 spiro atoms. The number of hydrogen-bond acceptors (Lipinski definition) is 3. The van der Waals surface area contributed by atoms with Crippen molar-refractivity contribution in [2.75, 3.05) is 13.6 Å². The number of rotatable bonds is 7. The van der Waals surface area contributed by atoms with Crippen LogP contribution in [0.1, 0.15) is 13.8 Å². The van der Waals surface area contributed by atoms with Crippen molar-refractivity contribution in [1.29, 1.82) is 0 Å². The first kappa shape index (κ1) is 17.6. The number of carbonyl (C=O) groups excluding carboxylic acids is 1. The summed E-state index contributed by atoms with van der Waals surface area (Å²) >= 11 is 0. The monoisotopic (exact) mass is 274 g/mol. The SMILES string of the molecule is C=C/C(=C\C=NC)CNC(=O)C(=C/C)/C(C)=C(/O)C=C. The summed E-state index contributed by atoms with van der Waals surface area (Å²) in [5, 5.41) is 12.4. The maximum atomic E-state index is 12.1. The summed E-state index contributed by atoms with van der Waals surface area (Å²) in [7, 11) is 1.67. The first-order chi connectivity index (χ1) is 9.51. The third-order valence-electron chi connectivity index (χ3n) is 2.67. The van der Waals surface area contributed by atoms with E-state index in [4.69, 9.17) is 0 Å². The molecule has 0 heterocycles. The lowest BCUT2D eigenvalue weighted by Crippen LogP contribution is -2.27. The van der Waals surface area contributed by atoms with E-state index in [2.05, 4.69) is 23.5 Å². The fourth-order valence-corrected chi connectivity index (χ4v) is 1.46. The molecular weight excluding hydrogens is 252 g/mol. The fourth-order valence-electron chi connectivity index (χ4n) is 1.46. The van der Waals surface area contributed by atoms with Gasteiger partial charge in [0.2, 0.25) is 0 Å². The Hall–Kier alpha value is -2.36. The standard InChI is InChI=1S/C16H22N2O2/c1-6-13(9-10-17-5)11-18-16(20)14(7-2)12(4)15(19)8-3/h6-10,19H,1,3,11H2,2,4-5H3,(H,18,20)/b13-9+,14-7+,15-12+,17-10?. The lowest BCUT2D eigenvalue weighted by atomic mass is 10.1. The van der Waals surface area contributed by atoms with Gasteiger partial charge in [-0.05, 0) is 31.6 Å². The fraction of sp³-hybridized carbons (Fsp3) is 0.250. The molecule has 1 amide bonds. The molecule has 0 aliphatic heterocycles. The van der Waals surface area contributed by atoms with E-state index in [0.717, 1.165) is 5.57 Å². The lowest BCUT2D eigenvalue weighted by Gasteiger charge is -2.10. The average molecular weight is 274 g/mol. The van der Waals surface area contributed by atoms with E-state index >= 15 is 0 Å². The number of amides is 1. The highest BCUT2D eigenvalue weighted by Gasteiger charge is 2.12. The van der Waals surface area contributed by atoms with Gasteiger partial charge in [-0.25, -0.2) is 0 Å². The highest BCUT2D eigenvalue weighted by atomic mass is 16.3. The van der Waals surface area contributed by atoms with Crippen molar-refractivity contribution in [1.82, 2.24) is 5.32 Å². The van der Waals surface area contributed by atoms with Crippen LogP contribution in [0, 0.1) is 0 Å². The molecular formula is C16H22N2O2. The van der Waals surface area contributed by atoms with Gasteiger partial charge in [0.15, 0.2) is 0 Å². The first-order valence-electron chi connectivity index (χ1n) is 6.22. The molecule has 0 aliphatic rings. The molecule has 2 N–H and O–H groups in total. The molecule has 20 heavy (non-hydrogen) atoms. The highest BCUT2D eigenvalue weighted by Crippen LogP contribution is 2.13. The molecule has 0 radical (unpaired) electrons. The van der Waals surface area contributed by atoms with Gasteiger partial charge in [0, 0.05) is 31.0 Å². The predicted molar refractivity (Wildman–Crippen MR) is 85.0 cm³/mol. The zero-order valence-electron chi connectivity index (χ0n) is 12.3. The molecule has 4 nitrogen and oxygen atoms in total. The molecule has 0 atom stereocenters. The maximum absolute atomic E-state index is 12.1. The Morgan fingerprint density at radius 1 is 1.35 bits per heavy atom. The number of aliphatic hydroxyl groups excluding tert-OH is 1. The number of nitrogens with one attached hydrogen (secondary N) is 1. The van der Waals surface area contributed by atoms with Crippen LogP contribution < -0.4 is 5.32 Å². The minimum atomic E-state index is -0.264. The second-order valence-electron chi connectivity index (χ2n) is 3.95. The highest BCUT2D eigenvalue weighted by molar-refractivity contribution is 5.98. The smallest absolute Gasteiger partial charge is 0.251 e. The van der Waals surface area contributed by atoms with Crippen LogP contribution in [-0.4, -0.2) is 30.8 Å². The van der Waals surface area contributed by atoms with Gasteiger partial charge in [-0.15, -0.1) is 0 Å². The van der Waals surface area contributed by atoms with Crippen LogP contribution in [0.4, 0.5) is 0 Å². The number of carbonyl (C=O) groups is 1. The molecule has 0 bridgehead atoms. The van der Waals surface area contributed by atoms with Crippen molar-refractivity contribution in [2.45, 2.75) is 13.8 Å². The van der Waals surface area contributed by atoms with Crippen molar-refractivity contribution < 1.29 is 9.90 Å². The Bertz CT molecular complexity index is 495. The zero-order chi connectivity index (χ0) is 15.5. The van der Waals surface area contributed by atoms with E-state index in [1.165, 1.54) is 6.08 Å². The normalized spacial score (nSPS) is 13.9. The minimum absolute atomic E-state index is 0.00847. The molecule has 0 aromatic carbocycles. The van der Waals surface area contributed by atoms with E-state index in [1.807, 2.05) is 0 Å². The second kappa shape index (κ2) is 9.55. The first-order valence-corrected chi connectivity index (χ1v) is 6.22. The third kappa shape index (κ3) is 5.52. The lowest BCUT2D eigenvalue weighted by molar-refractivity contribution is -0.117. The summed E-state index contributed by atoms with van der Waals surface area (Å²) in [5.74, 6) is -0.273. The van der Waals surface area contributed by atoms with Crippen molar-refractivity contribution in [2.24, 2.45) is 4.99 Å². The quantitative estimate of drug-likeness (QED) is 0.324. The molecule has 4 heteroatoms. The summed E-state index contributed by atoms with van der Waals surface area (Å²) in [4.78, 5) is 15.9. The van der Waals surface area contributed by atoms with Crippen LogP contribution in [0.25, 0.3) is 0 Å². The Labute approximate surface area is 120 Å². The molecule has 108 valence electrons. The molecule has 0 fully saturated rings. The van der Waals surface area contributed by atoms with Crippen molar-refractivity contribution >= 4 is 12.1 Å². The van der Waals surface area contributed by atoms with Crippen LogP contribution in [0.2, 0.25) is 0 Å². The summed E-state index contributed by atoms with van der Waals surface area (Å²) in [5.41, 5.74) is 1.74. The van der Waals surface area contributed by atoms with Gasteiger partial charge in [-0.3, -0.25) is 9.79 Å². The van der Waals surface area contributed by atoms with Crippen LogP contribution >= 0.6 is 0 Å². The average Bonchev–Trinajstić information content (AvgIpc) is 2.47. The van der Waals surface area contributed by atoms with Gasteiger partial charge in [0.1, 0.15) is 5.76 Å². The maximum Gasteiger partial charge on any atom is 0.251 e. The molecule has 0 unspecified atom stereocenters. The topological polar surface area (TPSA) is 61.7 Å². The Morgan fingerprint density at radius 3 is 2.45 bits per heavy atom. The molecule has 0 aromatic heterocycles. The summed E-state index contributed by atoms with van der Waals surface area (Å²) in [6.45, 7) is 10.9. The van der Waals surface area contributed by atoms with Gasteiger partial charge in [-0.1, -0.05) is 25.3 Å². The van der Waals surface area contributed by atoms with E-state index in [0.29, 0.717) is 17.7 Å². The van der Waals surface area contributed by atoms with Gasteiger partial charge < -0.3 is 10.4 Å². The van der Waals surface area contributed by atoms with Gasteiger partial charge in [-0.2, -0.15) is 0 Å². The summed E-state index contributed by atoms with van der Waals surface area (Å²) in [6.07, 6.45) is 8.01. The van der Waals surface area contributed by atoms with Gasteiger partial charge >= 0.3 is 0 Å². The second-order valence-corrected chi connectivity index (χ2v) is 3.95. The number of aliphatic imine (C=N–C) groups is 1.